The van der Waals surface area contributed by atoms with E-state index in [4.69, 9.17) is 9.47 Å². The number of hydrogen-bond donors (Lipinski definition) is 2. The van der Waals surface area contributed by atoms with Crippen LogP contribution in [0.3, 0.4) is 0 Å². The van der Waals surface area contributed by atoms with Crippen molar-refractivity contribution in [2.75, 3.05) is 6.61 Å². The number of ketones is 2. The lowest BCUT2D eigenvalue weighted by Gasteiger charge is -2.27. The number of aliphatic hydroxyl groups excluding tert-OH is 2. The number of hydrogen-bond acceptors (Lipinski definition) is 7. The van der Waals surface area contributed by atoms with Crippen LogP contribution in [-0.2, 0) is 23.9 Å². The van der Waals surface area contributed by atoms with Crippen molar-refractivity contribution in [3.8, 4) is 0 Å². The molecule has 0 aromatic rings. The normalized spacial score (nSPS) is 25.6. The molecule has 1 aliphatic rings. The number of carbonyl (C=O) groups excluding carboxylic acids is 3. The molecular weight excluding hydrogens is 364 g/mol. The molecule has 2 N–H and O–H groups in total. The molecule has 7 nitrogen and oxygen atoms in total. The zero-order valence-electron chi connectivity index (χ0n) is 17.3. The molecule has 1 aliphatic heterocycles. The van der Waals surface area contributed by atoms with Crippen LogP contribution >= 0.6 is 0 Å². The van der Waals surface area contributed by atoms with Crippen molar-refractivity contribution in [1.29, 1.82) is 0 Å². The third-order valence-corrected chi connectivity index (χ3v) is 5.17. The molecule has 1 heterocycles. The Morgan fingerprint density at radius 1 is 1.32 bits per heavy atom. The second-order valence-corrected chi connectivity index (χ2v) is 7.46. The second-order valence-electron chi connectivity index (χ2n) is 7.46. The van der Waals surface area contributed by atoms with Gasteiger partial charge in [-0.1, -0.05) is 32.6 Å². The number of Topliss-reactive ketones (excluding diaryl/α,β-unsaturated/α-hetero) is 2. The van der Waals surface area contributed by atoms with Crippen molar-refractivity contribution in [3.63, 3.8) is 0 Å². The molecule has 1 rings (SSSR count). The SMILES string of the molecule is C=C(C(=O)C(COC(C)=O)C(O)C1(C)OC1C(C)C=CC)C(O)CC(=O)CC. The molecule has 0 aliphatic carbocycles. The summed E-state index contributed by atoms with van der Waals surface area (Å²) in [5, 5.41) is 21.0. The van der Waals surface area contributed by atoms with E-state index in [0.717, 1.165) is 0 Å². The predicted molar refractivity (Wildman–Crippen MR) is 103 cm³/mol. The van der Waals surface area contributed by atoms with Gasteiger partial charge in [-0.15, -0.1) is 0 Å². The molecule has 0 spiro atoms. The van der Waals surface area contributed by atoms with Crippen LogP contribution in [0.5, 0.6) is 0 Å². The fraction of sp³-hybridized carbons (Fsp3) is 0.667. The molecule has 0 aromatic heterocycles. The van der Waals surface area contributed by atoms with Crippen molar-refractivity contribution in [2.45, 2.75) is 71.4 Å². The van der Waals surface area contributed by atoms with E-state index >= 15 is 0 Å². The Kier molecular flexibility index (Phi) is 8.73. The number of esters is 1. The second kappa shape index (κ2) is 10.1. The highest BCUT2D eigenvalue weighted by atomic mass is 16.6. The number of carbonyl (C=O) groups is 3. The molecule has 6 unspecified atom stereocenters. The summed E-state index contributed by atoms with van der Waals surface area (Å²) in [5.41, 5.74) is -1.19. The van der Waals surface area contributed by atoms with E-state index in [1.54, 1.807) is 13.8 Å². The lowest BCUT2D eigenvalue weighted by atomic mass is 9.81. The van der Waals surface area contributed by atoms with Crippen molar-refractivity contribution >= 4 is 17.5 Å². The van der Waals surface area contributed by atoms with Gasteiger partial charge in [0.1, 0.15) is 18.0 Å². The van der Waals surface area contributed by atoms with Crippen LogP contribution in [0, 0.1) is 11.8 Å². The smallest absolute Gasteiger partial charge is 0.302 e. The summed E-state index contributed by atoms with van der Waals surface area (Å²) in [5.74, 6) is -2.60. The topological polar surface area (TPSA) is 113 Å². The van der Waals surface area contributed by atoms with Gasteiger partial charge in [-0.05, 0) is 13.8 Å². The van der Waals surface area contributed by atoms with Crippen molar-refractivity contribution in [2.24, 2.45) is 11.8 Å². The minimum Gasteiger partial charge on any atom is -0.465 e. The average molecular weight is 396 g/mol. The van der Waals surface area contributed by atoms with E-state index in [1.807, 2.05) is 26.0 Å². The minimum absolute atomic E-state index is 0.0186. The van der Waals surface area contributed by atoms with E-state index in [2.05, 4.69) is 6.58 Å². The van der Waals surface area contributed by atoms with Gasteiger partial charge < -0.3 is 19.7 Å². The summed E-state index contributed by atoms with van der Waals surface area (Å²) in [4.78, 5) is 35.7. The Balaban J connectivity index is 2.99. The fourth-order valence-corrected chi connectivity index (χ4v) is 3.31. The Morgan fingerprint density at radius 3 is 2.43 bits per heavy atom. The van der Waals surface area contributed by atoms with Gasteiger partial charge in [0.2, 0.25) is 0 Å². The summed E-state index contributed by atoms with van der Waals surface area (Å²) in [6.07, 6.45) is 0.890. The number of ether oxygens (including phenoxy) is 2. The highest BCUT2D eigenvalue weighted by molar-refractivity contribution is 5.99. The van der Waals surface area contributed by atoms with Crippen molar-refractivity contribution < 1.29 is 34.1 Å². The molecule has 1 fully saturated rings. The zero-order valence-corrected chi connectivity index (χ0v) is 17.3. The zero-order chi connectivity index (χ0) is 21.6. The molecular formula is C21H32O7. The standard InChI is InChI=1S/C21H32O7/c1-7-9-12(3)20-21(6,28-20)19(26)16(11-27-14(5)22)18(25)13(4)17(24)10-15(23)8-2/h7,9,12,16-17,19-20,24,26H,4,8,10-11H2,1-3,5-6H3. The molecule has 28 heavy (non-hydrogen) atoms. The lowest BCUT2D eigenvalue weighted by Crippen LogP contribution is -2.44. The number of allylic oxidation sites excluding steroid dienone is 1. The Labute approximate surface area is 166 Å². The monoisotopic (exact) mass is 396 g/mol. The third-order valence-electron chi connectivity index (χ3n) is 5.17. The highest BCUT2D eigenvalue weighted by Crippen LogP contribution is 2.46. The van der Waals surface area contributed by atoms with Crippen molar-refractivity contribution in [1.82, 2.24) is 0 Å². The van der Waals surface area contributed by atoms with E-state index < -0.39 is 35.5 Å². The summed E-state index contributed by atoms with van der Waals surface area (Å²) < 4.78 is 10.7. The Hall–Kier alpha value is -1.83. The summed E-state index contributed by atoms with van der Waals surface area (Å²) >= 11 is 0. The molecule has 0 aromatic carbocycles. The van der Waals surface area contributed by atoms with Gasteiger partial charge in [-0.25, -0.2) is 0 Å². The van der Waals surface area contributed by atoms with Gasteiger partial charge in [0.25, 0.3) is 0 Å². The predicted octanol–water partition coefficient (Wildman–Crippen LogP) is 1.75. The fourth-order valence-electron chi connectivity index (χ4n) is 3.31. The quantitative estimate of drug-likeness (QED) is 0.224. The van der Waals surface area contributed by atoms with Gasteiger partial charge in [0, 0.05) is 31.3 Å². The maximum Gasteiger partial charge on any atom is 0.302 e. The van der Waals surface area contributed by atoms with Crippen LogP contribution in [0.4, 0.5) is 0 Å². The van der Waals surface area contributed by atoms with Crippen molar-refractivity contribution in [3.05, 3.63) is 24.3 Å². The van der Waals surface area contributed by atoms with E-state index in [1.165, 1.54) is 6.92 Å². The van der Waals surface area contributed by atoms with Gasteiger partial charge in [0.05, 0.1) is 24.2 Å². The summed E-state index contributed by atoms with van der Waals surface area (Å²) in [7, 11) is 0. The maximum atomic E-state index is 12.9. The first-order chi connectivity index (χ1) is 13.0. The summed E-state index contributed by atoms with van der Waals surface area (Å²) in [6.45, 7) is 11.6. The number of aliphatic hydroxyl groups is 2. The molecule has 158 valence electrons. The molecule has 0 saturated carbocycles. The first kappa shape index (κ1) is 24.2. The highest BCUT2D eigenvalue weighted by Gasteiger charge is 2.61. The summed E-state index contributed by atoms with van der Waals surface area (Å²) in [6, 6.07) is 0. The van der Waals surface area contributed by atoms with E-state index in [9.17, 15) is 24.6 Å². The van der Waals surface area contributed by atoms with Gasteiger partial charge >= 0.3 is 5.97 Å². The number of epoxide rings is 1. The lowest BCUT2D eigenvalue weighted by molar-refractivity contribution is -0.146. The van der Waals surface area contributed by atoms with E-state index in [0.29, 0.717) is 0 Å². The molecule has 1 saturated heterocycles. The van der Waals surface area contributed by atoms with Crippen LogP contribution in [-0.4, -0.2) is 58.3 Å². The minimum atomic E-state index is -1.35. The maximum absolute atomic E-state index is 12.9. The van der Waals surface area contributed by atoms with Gasteiger partial charge in [0.15, 0.2) is 5.78 Å². The van der Waals surface area contributed by atoms with E-state index in [-0.39, 0.29) is 42.8 Å². The first-order valence-corrected chi connectivity index (χ1v) is 9.54. The van der Waals surface area contributed by atoms with Crippen LogP contribution in [0.25, 0.3) is 0 Å². The van der Waals surface area contributed by atoms with Crippen LogP contribution in [0.15, 0.2) is 24.3 Å². The molecule has 6 atom stereocenters. The molecule has 0 radical (unpaired) electrons. The van der Waals surface area contributed by atoms with Crippen LogP contribution < -0.4 is 0 Å². The largest absolute Gasteiger partial charge is 0.465 e. The Morgan fingerprint density at radius 2 is 1.93 bits per heavy atom. The first-order valence-electron chi connectivity index (χ1n) is 9.54. The number of rotatable bonds is 12. The van der Waals surface area contributed by atoms with Crippen LogP contribution in [0.1, 0.15) is 47.5 Å². The van der Waals surface area contributed by atoms with Crippen LogP contribution in [0.2, 0.25) is 0 Å². The Bertz CT molecular complexity index is 639. The third kappa shape index (κ3) is 5.83. The molecule has 7 heteroatoms. The molecule has 0 amide bonds. The molecule has 0 bridgehead atoms. The van der Waals surface area contributed by atoms with Gasteiger partial charge in [-0.3, -0.25) is 14.4 Å². The average Bonchev–Trinajstić information content (AvgIpc) is 3.33. The van der Waals surface area contributed by atoms with Gasteiger partial charge in [-0.2, -0.15) is 0 Å².